The standard InChI is InChI=1S/C9H22N2S/c1-5-6-9(11-4)8(2)12-7-10-3/h8-11H,5-7H2,1-4H3/t8-,9?/m1/s1. The van der Waals surface area contributed by atoms with Crippen molar-refractivity contribution >= 4 is 11.8 Å². The summed E-state index contributed by atoms with van der Waals surface area (Å²) in [5.41, 5.74) is 0. The van der Waals surface area contributed by atoms with E-state index in [0.717, 1.165) is 5.88 Å². The summed E-state index contributed by atoms with van der Waals surface area (Å²) in [7, 11) is 4.05. The maximum Gasteiger partial charge on any atom is 0.0418 e. The smallest absolute Gasteiger partial charge is 0.0418 e. The highest BCUT2D eigenvalue weighted by Crippen LogP contribution is 2.15. The molecule has 0 aliphatic heterocycles. The number of nitrogens with one attached hydrogen (secondary N) is 2. The van der Waals surface area contributed by atoms with Gasteiger partial charge in [-0.25, -0.2) is 0 Å². The zero-order valence-corrected chi connectivity index (χ0v) is 9.50. The van der Waals surface area contributed by atoms with E-state index in [9.17, 15) is 0 Å². The van der Waals surface area contributed by atoms with Gasteiger partial charge in [-0.05, 0) is 20.5 Å². The average molecular weight is 190 g/mol. The molecule has 0 aromatic rings. The molecule has 0 rings (SSSR count). The van der Waals surface area contributed by atoms with Gasteiger partial charge in [0, 0.05) is 17.2 Å². The highest BCUT2D eigenvalue weighted by atomic mass is 32.2. The van der Waals surface area contributed by atoms with E-state index in [0.29, 0.717) is 11.3 Å². The van der Waals surface area contributed by atoms with Crippen LogP contribution in [0.15, 0.2) is 0 Å². The third-order valence-electron chi connectivity index (χ3n) is 2.03. The van der Waals surface area contributed by atoms with E-state index in [1.165, 1.54) is 12.8 Å². The summed E-state index contributed by atoms with van der Waals surface area (Å²) in [6.45, 7) is 4.53. The van der Waals surface area contributed by atoms with Crippen LogP contribution in [0.25, 0.3) is 0 Å². The Bertz CT molecular complexity index is 98.5. The highest BCUT2D eigenvalue weighted by Gasteiger charge is 2.13. The van der Waals surface area contributed by atoms with Crippen molar-refractivity contribution in [2.75, 3.05) is 20.0 Å². The molecule has 2 atom stereocenters. The van der Waals surface area contributed by atoms with Crippen molar-refractivity contribution < 1.29 is 0 Å². The van der Waals surface area contributed by atoms with Gasteiger partial charge >= 0.3 is 0 Å². The van der Waals surface area contributed by atoms with Gasteiger partial charge in [0.05, 0.1) is 0 Å². The van der Waals surface area contributed by atoms with Crippen molar-refractivity contribution in [1.82, 2.24) is 10.6 Å². The Labute approximate surface area is 80.9 Å². The Morgan fingerprint density at radius 3 is 2.42 bits per heavy atom. The van der Waals surface area contributed by atoms with Gasteiger partial charge in [0.2, 0.25) is 0 Å². The van der Waals surface area contributed by atoms with Gasteiger partial charge in [0.15, 0.2) is 0 Å². The maximum absolute atomic E-state index is 3.36. The van der Waals surface area contributed by atoms with Crippen LogP contribution in [0, 0.1) is 0 Å². The van der Waals surface area contributed by atoms with Gasteiger partial charge in [-0.15, -0.1) is 11.8 Å². The van der Waals surface area contributed by atoms with Gasteiger partial charge < -0.3 is 10.6 Å². The van der Waals surface area contributed by atoms with Crippen LogP contribution in [0.4, 0.5) is 0 Å². The molecule has 0 aromatic heterocycles. The first-order valence-corrected chi connectivity index (χ1v) is 5.74. The minimum atomic E-state index is 0.661. The largest absolute Gasteiger partial charge is 0.316 e. The Hall–Kier alpha value is 0.270. The van der Waals surface area contributed by atoms with E-state index in [4.69, 9.17) is 0 Å². The van der Waals surface area contributed by atoms with E-state index in [-0.39, 0.29) is 0 Å². The lowest BCUT2D eigenvalue weighted by Crippen LogP contribution is -2.34. The third-order valence-corrected chi connectivity index (χ3v) is 3.34. The molecule has 0 aromatic carbocycles. The second kappa shape index (κ2) is 7.90. The quantitative estimate of drug-likeness (QED) is 0.597. The molecule has 0 spiro atoms. The molecule has 0 amide bonds. The summed E-state index contributed by atoms with van der Waals surface area (Å²) in [4.78, 5) is 0. The summed E-state index contributed by atoms with van der Waals surface area (Å²) in [5.74, 6) is 1.04. The first kappa shape index (κ1) is 12.3. The summed E-state index contributed by atoms with van der Waals surface area (Å²) in [6, 6.07) is 0.661. The molecular weight excluding hydrogens is 168 g/mol. The lowest BCUT2D eigenvalue weighted by Gasteiger charge is -2.22. The highest BCUT2D eigenvalue weighted by molar-refractivity contribution is 7.99. The van der Waals surface area contributed by atoms with Crippen LogP contribution >= 0.6 is 11.8 Å². The lowest BCUT2D eigenvalue weighted by molar-refractivity contribution is 0.512. The molecule has 0 aliphatic carbocycles. The van der Waals surface area contributed by atoms with Crippen LogP contribution in [-0.4, -0.2) is 31.3 Å². The number of thioether (sulfide) groups is 1. The van der Waals surface area contributed by atoms with Crippen LogP contribution in [0.1, 0.15) is 26.7 Å². The third kappa shape index (κ3) is 5.01. The molecule has 2 N–H and O–H groups in total. The first-order chi connectivity index (χ1) is 5.76. The van der Waals surface area contributed by atoms with Gasteiger partial charge in [0.1, 0.15) is 0 Å². The molecule has 2 nitrogen and oxygen atoms in total. The van der Waals surface area contributed by atoms with Crippen LogP contribution in [0.5, 0.6) is 0 Å². The zero-order chi connectivity index (χ0) is 9.40. The summed E-state index contributed by atoms with van der Waals surface area (Å²) in [6.07, 6.45) is 2.53. The molecule has 3 heteroatoms. The maximum atomic E-state index is 3.36. The van der Waals surface area contributed by atoms with Crippen LogP contribution in [0.3, 0.4) is 0 Å². The van der Waals surface area contributed by atoms with Gasteiger partial charge in [-0.1, -0.05) is 20.3 Å². The second-order valence-electron chi connectivity index (χ2n) is 3.05. The van der Waals surface area contributed by atoms with E-state index >= 15 is 0 Å². The number of hydrogen-bond acceptors (Lipinski definition) is 3. The van der Waals surface area contributed by atoms with Gasteiger partial charge in [0.25, 0.3) is 0 Å². The van der Waals surface area contributed by atoms with Crippen molar-refractivity contribution in [1.29, 1.82) is 0 Å². The van der Waals surface area contributed by atoms with Crippen molar-refractivity contribution in [2.45, 2.75) is 38.0 Å². The van der Waals surface area contributed by atoms with Crippen molar-refractivity contribution in [3.8, 4) is 0 Å². The molecule has 12 heavy (non-hydrogen) atoms. The molecule has 74 valence electrons. The predicted octanol–water partition coefficient (Wildman–Crippen LogP) is 1.67. The fraction of sp³-hybridized carbons (Fsp3) is 1.00. The van der Waals surface area contributed by atoms with Crippen LogP contribution < -0.4 is 10.6 Å². The second-order valence-corrected chi connectivity index (χ2v) is 4.42. The number of rotatable bonds is 7. The molecule has 0 fully saturated rings. The van der Waals surface area contributed by atoms with E-state index < -0.39 is 0 Å². The lowest BCUT2D eigenvalue weighted by atomic mass is 10.1. The SMILES string of the molecule is CCCC(NC)[C@@H](C)SCNC. The molecule has 0 aliphatic rings. The fourth-order valence-electron chi connectivity index (χ4n) is 1.26. The average Bonchev–Trinajstić information content (AvgIpc) is 2.10. The minimum absolute atomic E-state index is 0.661. The first-order valence-electron chi connectivity index (χ1n) is 4.69. The predicted molar refractivity (Wildman–Crippen MR) is 58.7 cm³/mol. The van der Waals surface area contributed by atoms with Crippen LogP contribution in [0.2, 0.25) is 0 Å². The van der Waals surface area contributed by atoms with Gasteiger partial charge in [-0.2, -0.15) is 0 Å². The fourth-order valence-corrected chi connectivity index (χ4v) is 2.19. The van der Waals surface area contributed by atoms with E-state index in [2.05, 4.69) is 31.5 Å². The zero-order valence-electron chi connectivity index (χ0n) is 8.68. The Balaban J connectivity index is 3.60. The number of hydrogen-bond donors (Lipinski definition) is 2. The van der Waals surface area contributed by atoms with Crippen molar-refractivity contribution in [2.24, 2.45) is 0 Å². The minimum Gasteiger partial charge on any atom is -0.316 e. The normalized spacial score (nSPS) is 16.0. The molecule has 1 unspecified atom stereocenters. The summed E-state index contributed by atoms with van der Waals surface area (Å²) >= 11 is 1.98. The van der Waals surface area contributed by atoms with Crippen LogP contribution in [-0.2, 0) is 0 Å². The topological polar surface area (TPSA) is 24.1 Å². The Morgan fingerprint density at radius 1 is 1.33 bits per heavy atom. The molecule has 0 heterocycles. The van der Waals surface area contributed by atoms with E-state index in [1.807, 2.05) is 18.8 Å². The van der Waals surface area contributed by atoms with Crippen molar-refractivity contribution in [3.63, 3.8) is 0 Å². The Morgan fingerprint density at radius 2 is 2.00 bits per heavy atom. The molecule has 0 radical (unpaired) electrons. The van der Waals surface area contributed by atoms with E-state index in [1.54, 1.807) is 0 Å². The molecular formula is C9H22N2S. The molecule has 0 bridgehead atoms. The Kier molecular flexibility index (Phi) is 8.07. The monoisotopic (exact) mass is 190 g/mol. The summed E-state index contributed by atoms with van der Waals surface area (Å²) < 4.78 is 0. The molecule has 0 saturated heterocycles. The van der Waals surface area contributed by atoms with Crippen molar-refractivity contribution in [3.05, 3.63) is 0 Å². The molecule has 0 saturated carbocycles. The summed E-state index contributed by atoms with van der Waals surface area (Å²) in [5, 5.41) is 7.21. The van der Waals surface area contributed by atoms with Gasteiger partial charge in [-0.3, -0.25) is 0 Å².